The number of aromatic nitrogens is 2. The van der Waals surface area contributed by atoms with Gasteiger partial charge >= 0.3 is 6.61 Å². The lowest BCUT2D eigenvalue weighted by molar-refractivity contribution is -0.0500. The highest BCUT2D eigenvalue weighted by Crippen LogP contribution is 2.25. The summed E-state index contributed by atoms with van der Waals surface area (Å²) in [5.41, 5.74) is 6.07. The van der Waals surface area contributed by atoms with E-state index in [1.54, 1.807) is 6.92 Å². The average Bonchev–Trinajstić information content (AvgIpc) is 2.70. The molecule has 1 heterocycles. The van der Waals surface area contributed by atoms with Gasteiger partial charge in [-0.25, -0.2) is 23.3 Å². The maximum absolute atomic E-state index is 14.5. The van der Waals surface area contributed by atoms with Crippen LogP contribution in [0.2, 0.25) is 0 Å². The SMILES string of the molecule is CCS(=O)NCC(Nc1ncc(/C(N)=N/N)cn1)c1ccc(OC(F)F)cc1F. The summed E-state index contributed by atoms with van der Waals surface area (Å²) in [6, 6.07) is 2.57. The first-order valence-corrected chi connectivity index (χ1v) is 9.64. The second-order valence-electron chi connectivity index (χ2n) is 5.55. The molecule has 2 unspecified atom stereocenters. The van der Waals surface area contributed by atoms with E-state index >= 15 is 0 Å². The number of nitrogens with one attached hydrogen (secondary N) is 2. The van der Waals surface area contributed by atoms with Crippen LogP contribution in [-0.4, -0.2) is 38.9 Å². The van der Waals surface area contributed by atoms with Crippen LogP contribution in [-0.2, 0) is 11.0 Å². The van der Waals surface area contributed by atoms with Crippen molar-refractivity contribution >= 4 is 22.8 Å². The first kappa shape index (κ1) is 22.4. The Morgan fingerprint density at radius 3 is 2.59 bits per heavy atom. The molecule has 1 aromatic carbocycles. The second-order valence-corrected chi connectivity index (χ2v) is 7.11. The molecule has 0 fully saturated rings. The van der Waals surface area contributed by atoms with E-state index in [0.29, 0.717) is 11.3 Å². The molecule has 13 heteroatoms. The Bertz CT molecular complexity index is 868. The smallest absolute Gasteiger partial charge is 0.387 e. The van der Waals surface area contributed by atoms with Crippen LogP contribution in [0.3, 0.4) is 0 Å². The van der Waals surface area contributed by atoms with Crippen LogP contribution in [0, 0.1) is 5.82 Å². The maximum atomic E-state index is 14.5. The van der Waals surface area contributed by atoms with Gasteiger partial charge in [0.05, 0.1) is 22.6 Å². The molecule has 0 spiro atoms. The van der Waals surface area contributed by atoms with Crippen molar-refractivity contribution in [1.29, 1.82) is 0 Å². The number of hydrazone groups is 1. The number of nitrogens with two attached hydrogens (primary N) is 2. The number of amidine groups is 1. The minimum Gasteiger partial charge on any atom is -0.435 e. The fourth-order valence-corrected chi connectivity index (χ4v) is 2.81. The molecule has 0 aliphatic carbocycles. The van der Waals surface area contributed by atoms with Crippen molar-refractivity contribution < 1.29 is 22.1 Å². The van der Waals surface area contributed by atoms with Gasteiger partial charge in [0.2, 0.25) is 5.95 Å². The van der Waals surface area contributed by atoms with Crippen molar-refractivity contribution in [1.82, 2.24) is 14.7 Å². The Hall–Kier alpha value is -2.93. The Labute approximate surface area is 167 Å². The molecular formula is C16H20F3N7O2S. The van der Waals surface area contributed by atoms with E-state index in [2.05, 4.69) is 29.8 Å². The van der Waals surface area contributed by atoms with Crippen molar-refractivity contribution in [3.05, 3.63) is 47.5 Å². The molecule has 9 nitrogen and oxygen atoms in total. The summed E-state index contributed by atoms with van der Waals surface area (Å²) in [4.78, 5) is 8.12. The topological polar surface area (TPSA) is 141 Å². The predicted molar refractivity (Wildman–Crippen MR) is 103 cm³/mol. The summed E-state index contributed by atoms with van der Waals surface area (Å²) >= 11 is 0. The van der Waals surface area contributed by atoms with Crippen molar-refractivity contribution in [2.75, 3.05) is 17.6 Å². The minimum atomic E-state index is -3.07. The first-order chi connectivity index (χ1) is 13.8. The zero-order valence-electron chi connectivity index (χ0n) is 15.3. The lowest BCUT2D eigenvalue weighted by Crippen LogP contribution is -2.30. The molecule has 0 aliphatic rings. The molecule has 0 radical (unpaired) electrons. The van der Waals surface area contributed by atoms with E-state index in [1.165, 1.54) is 24.5 Å². The zero-order chi connectivity index (χ0) is 21.4. The molecule has 6 N–H and O–H groups in total. The van der Waals surface area contributed by atoms with Crippen molar-refractivity contribution in [3.8, 4) is 5.75 Å². The number of rotatable bonds is 10. The van der Waals surface area contributed by atoms with Crippen LogP contribution in [0.1, 0.15) is 24.1 Å². The van der Waals surface area contributed by atoms with Gasteiger partial charge in [-0.2, -0.15) is 13.9 Å². The molecule has 2 rings (SSSR count). The number of hydrogen-bond acceptors (Lipinski definition) is 7. The van der Waals surface area contributed by atoms with E-state index in [0.717, 1.165) is 6.07 Å². The lowest BCUT2D eigenvalue weighted by Gasteiger charge is -2.20. The molecular weight excluding hydrogens is 411 g/mol. The largest absolute Gasteiger partial charge is 0.435 e. The highest BCUT2D eigenvalue weighted by molar-refractivity contribution is 7.82. The molecule has 2 aromatic rings. The van der Waals surface area contributed by atoms with Crippen molar-refractivity contribution in [2.24, 2.45) is 16.7 Å². The maximum Gasteiger partial charge on any atom is 0.387 e. The molecule has 0 saturated heterocycles. The van der Waals surface area contributed by atoms with E-state index in [1.807, 2.05) is 0 Å². The number of alkyl halides is 2. The number of hydrogen-bond donors (Lipinski definition) is 4. The third kappa shape index (κ3) is 6.57. The predicted octanol–water partition coefficient (Wildman–Crippen LogP) is 1.22. The van der Waals surface area contributed by atoms with E-state index in [-0.39, 0.29) is 29.6 Å². The fraction of sp³-hybridized carbons (Fsp3) is 0.312. The lowest BCUT2D eigenvalue weighted by atomic mass is 10.1. The summed E-state index contributed by atoms with van der Waals surface area (Å²) in [6.07, 6.45) is 2.73. The quantitative estimate of drug-likeness (QED) is 0.192. The van der Waals surface area contributed by atoms with Crippen LogP contribution in [0.25, 0.3) is 0 Å². The Morgan fingerprint density at radius 2 is 2.03 bits per heavy atom. The number of anilines is 1. The molecule has 0 bridgehead atoms. The number of nitrogens with zero attached hydrogens (tertiary/aromatic N) is 3. The van der Waals surface area contributed by atoms with Crippen LogP contribution < -0.4 is 26.4 Å². The Kier molecular flexibility index (Phi) is 8.15. The normalized spacial score (nSPS) is 13.9. The molecule has 29 heavy (non-hydrogen) atoms. The molecule has 0 saturated carbocycles. The van der Waals surface area contributed by atoms with Crippen LogP contribution in [0.5, 0.6) is 5.75 Å². The van der Waals surface area contributed by atoms with Crippen molar-refractivity contribution in [3.63, 3.8) is 0 Å². The van der Waals surface area contributed by atoms with Crippen molar-refractivity contribution in [2.45, 2.75) is 19.6 Å². The third-order valence-corrected chi connectivity index (χ3v) is 4.69. The van der Waals surface area contributed by atoms with Gasteiger partial charge in [-0.15, -0.1) is 0 Å². The van der Waals surface area contributed by atoms with Crippen LogP contribution in [0.4, 0.5) is 19.1 Å². The highest BCUT2D eigenvalue weighted by atomic mass is 32.2. The second kappa shape index (κ2) is 10.6. The van der Waals surface area contributed by atoms with Gasteiger partial charge < -0.3 is 21.6 Å². The third-order valence-electron chi connectivity index (χ3n) is 3.67. The zero-order valence-corrected chi connectivity index (χ0v) is 16.1. The number of ether oxygens (including phenoxy) is 1. The highest BCUT2D eigenvalue weighted by Gasteiger charge is 2.19. The summed E-state index contributed by atoms with van der Waals surface area (Å²) in [6.45, 7) is -1.31. The van der Waals surface area contributed by atoms with Gasteiger partial charge in [0.25, 0.3) is 0 Å². The summed E-state index contributed by atoms with van der Waals surface area (Å²) in [5.74, 6) is 4.49. The Balaban J connectivity index is 2.26. The van der Waals surface area contributed by atoms with Gasteiger partial charge in [0, 0.05) is 36.3 Å². The van der Waals surface area contributed by atoms with Gasteiger partial charge in [-0.3, -0.25) is 0 Å². The summed E-state index contributed by atoms with van der Waals surface area (Å²) < 4.78 is 57.8. The van der Waals surface area contributed by atoms with E-state index < -0.39 is 29.5 Å². The molecule has 2 atom stereocenters. The molecule has 0 aliphatic heterocycles. The minimum absolute atomic E-state index is 0.0359. The van der Waals surface area contributed by atoms with Gasteiger partial charge in [-0.1, -0.05) is 13.0 Å². The van der Waals surface area contributed by atoms with Crippen LogP contribution in [0.15, 0.2) is 35.7 Å². The van der Waals surface area contributed by atoms with Gasteiger partial charge in [-0.05, 0) is 6.07 Å². The van der Waals surface area contributed by atoms with Gasteiger partial charge in [0.15, 0.2) is 5.84 Å². The first-order valence-electron chi connectivity index (χ1n) is 8.32. The monoisotopic (exact) mass is 431 g/mol. The van der Waals surface area contributed by atoms with Gasteiger partial charge in [0.1, 0.15) is 11.6 Å². The molecule has 158 valence electrons. The standard InChI is InChI=1S/C16H20F3N7O2S/c1-2-29(27)24-8-13(11-4-3-10(5-12(11)17)28-15(18)19)25-16-22-6-9(7-23-16)14(20)26-21/h3-7,13,15,24H,2,8,21H2,1H3,(H2,20,26)(H,22,23,25). The summed E-state index contributed by atoms with van der Waals surface area (Å²) in [5, 5.41) is 6.23. The van der Waals surface area contributed by atoms with Crippen LogP contribution >= 0.6 is 0 Å². The average molecular weight is 431 g/mol. The number of benzene rings is 1. The number of halogens is 3. The summed E-state index contributed by atoms with van der Waals surface area (Å²) in [7, 11) is -1.33. The van der Waals surface area contributed by atoms with E-state index in [4.69, 9.17) is 11.6 Å². The fourth-order valence-electron chi connectivity index (χ4n) is 2.25. The molecule has 1 aromatic heterocycles. The van der Waals surface area contributed by atoms with E-state index in [9.17, 15) is 17.4 Å². The molecule has 0 amide bonds. The Morgan fingerprint density at radius 1 is 1.34 bits per heavy atom.